The minimum Gasteiger partial charge on any atom is -0.457 e. The molecule has 0 atom stereocenters. The molecule has 2 amide bonds. The molecule has 1 aliphatic heterocycles. The van der Waals surface area contributed by atoms with Crippen LogP contribution < -0.4 is 15.6 Å². The molecule has 1 saturated heterocycles. The van der Waals surface area contributed by atoms with E-state index in [1.165, 1.54) is 28.6 Å². The highest BCUT2D eigenvalue weighted by Gasteiger charge is 2.27. The van der Waals surface area contributed by atoms with Gasteiger partial charge in [0.05, 0.1) is 18.1 Å². The third kappa shape index (κ3) is 5.60. The maximum Gasteiger partial charge on any atom is 0.269 e. The summed E-state index contributed by atoms with van der Waals surface area (Å²) in [6, 6.07) is 21.3. The van der Waals surface area contributed by atoms with Gasteiger partial charge in [-0.25, -0.2) is 8.42 Å². The van der Waals surface area contributed by atoms with Crippen molar-refractivity contribution in [2.24, 2.45) is 0 Å². The van der Waals surface area contributed by atoms with Crippen molar-refractivity contribution >= 4 is 21.8 Å². The number of sulfonamides is 1. The number of morpholine rings is 1. The van der Waals surface area contributed by atoms with Crippen molar-refractivity contribution in [2.45, 2.75) is 4.90 Å². The zero-order valence-electron chi connectivity index (χ0n) is 18.1. The Kier molecular flexibility index (Phi) is 7.21. The van der Waals surface area contributed by atoms with E-state index in [-0.39, 0.29) is 23.5 Å². The summed E-state index contributed by atoms with van der Waals surface area (Å²) in [6.07, 6.45) is 0. The highest BCUT2D eigenvalue weighted by atomic mass is 32.2. The molecule has 2 N–H and O–H groups in total. The molecule has 1 heterocycles. The molecule has 0 unspecified atom stereocenters. The lowest BCUT2D eigenvalue weighted by atomic mass is 10.2. The zero-order chi connectivity index (χ0) is 24.0. The van der Waals surface area contributed by atoms with Gasteiger partial charge >= 0.3 is 0 Å². The maximum absolute atomic E-state index is 12.8. The van der Waals surface area contributed by atoms with Gasteiger partial charge in [0.2, 0.25) is 10.0 Å². The maximum atomic E-state index is 12.8. The predicted octanol–water partition coefficient (Wildman–Crippen LogP) is 2.57. The Labute approximate surface area is 197 Å². The van der Waals surface area contributed by atoms with Crippen LogP contribution in [0.4, 0.5) is 0 Å². The average molecular weight is 482 g/mol. The summed E-state index contributed by atoms with van der Waals surface area (Å²) in [7, 11) is -3.74. The van der Waals surface area contributed by atoms with E-state index in [1.54, 1.807) is 24.3 Å². The normalized spacial score (nSPS) is 14.2. The molecule has 0 radical (unpaired) electrons. The fourth-order valence-corrected chi connectivity index (χ4v) is 4.75. The van der Waals surface area contributed by atoms with Gasteiger partial charge in [0.25, 0.3) is 11.8 Å². The van der Waals surface area contributed by atoms with E-state index in [4.69, 9.17) is 9.47 Å². The van der Waals surface area contributed by atoms with Crippen LogP contribution in [0.1, 0.15) is 20.7 Å². The zero-order valence-corrected chi connectivity index (χ0v) is 19.0. The number of hydrazine groups is 1. The van der Waals surface area contributed by atoms with Crippen molar-refractivity contribution in [3.63, 3.8) is 0 Å². The van der Waals surface area contributed by atoms with Crippen molar-refractivity contribution in [2.75, 3.05) is 26.3 Å². The van der Waals surface area contributed by atoms with Crippen molar-refractivity contribution in [1.82, 2.24) is 15.2 Å². The SMILES string of the molecule is O=C(NNC(=O)c1cccc(S(=O)(=O)N2CCOCC2)c1)c1ccc(Oc2ccccc2)cc1. The van der Waals surface area contributed by atoms with Gasteiger partial charge in [-0.15, -0.1) is 0 Å². The summed E-state index contributed by atoms with van der Waals surface area (Å²) in [5, 5.41) is 0. The molecule has 176 valence electrons. The molecular formula is C24H23N3O6S. The summed E-state index contributed by atoms with van der Waals surface area (Å²) in [6.45, 7) is 1.16. The molecule has 3 aromatic rings. The first-order valence-electron chi connectivity index (χ1n) is 10.5. The summed E-state index contributed by atoms with van der Waals surface area (Å²) in [5.74, 6) is 0.0584. The number of carbonyl (C=O) groups excluding carboxylic acids is 2. The van der Waals surface area contributed by atoms with E-state index in [9.17, 15) is 18.0 Å². The summed E-state index contributed by atoms with van der Waals surface area (Å²) < 4.78 is 37.8. The molecule has 10 heteroatoms. The van der Waals surface area contributed by atoms with Crippen LogP contribution in [0.2, 0.25) is 0 Å². The molecule has 0 bridgehead atoms. The van der Waals surface area contributed by atoms with Gasteiger partial charge in [0.15, 0.2) is 0 Å². The first-order valence-corrected chi connectivity index (χ1v) is 12.0. The molecule has 0 spiro atoms. The van der Waals surface area contributed by atoms with E-state index in [0.29, 0.717) is 30.3 Å². The number of ether oxygens (including phenoxy) is 2. The Bertz CT molecular complexity index is 1260. The number of rotatable bonds is 6. The van der Waals surface area contributed by atoms with Gasteiger partial charge in [-0.2, -0.15) is 4.31 Å². The molecule has 3 aromatic carbocycles. The van der Waals surface area contributed by atoms with Gasteiger partial charge in [-0.3, -0.25) is 20.4 Å². The van der Waals surface area contributed by atoms with E-state index in [2.05, 4.69) is 10.9 Å². The average Bonchev–Trinajstić information content (AvgIpc) is 2.88. The molecule has 1 fully saturated rings. The molecule has 34 heavy (non-hydrogen) atoms. The molecule has 4 rings (SSSR count). The van der Waals surface area contributed by atoms with Crippen LogP contribution in [-0.2, 0) is 14.8 Å². The Morgan fingerprint density at radius 2 is 1.38 bits per heavy atom. The number of benzene rings is 3. The van der Waals surface area contributed by atoms with Crippen LogP contribution in [0.3, 0.4) is 0 Å². The topological polar surface area (TPSA) is 114 Å². The minimum atomic E-state index is -3.74. The molecule has 0 saturated carbocycles. The quantitative estimate of drug-likeness (QED) is 0.523. The molecule has 0 aliphatic carbocycles. The van der Waals surface area contributed by atoms with Crippen molar-refractivity contribution in [3.8, 4) is 11.5 Å². The number of amides is 2. The first-order chi connectivity index (χ1) is 16.4. The van der Waals surface area contributed by atoms with E-state index < -0.39 is 21.8 Å². The van der Waals surface area contributed by atoms with Crippen LogP contribution in [-0.4, -0.2) is 50.8 Å². The van der Waals surface area contributed by atoms with Crippen LogP contribution in [0.25, 0.3) is 0 Å². The lowest BCUT2D eigenvalue weighted by molar-refractivity contribution is 0.0730. The standard InChI is InChI=1S/C24H23N3O6S/c28-23(18-9-11-21(12-10-18)33-20-6-2-1-3-7-20)25-26-24(29)19-5-4-8-22(17-19)34(30,31)27-13-15-32-16-14-27/h1-12,17H,13-16H2,(H,25,28)(H,26,29). The smallest absolute Gasteiger partial charge is 0.269 e. The highest BCUT2D eigenvalue weighted by Crippen LogP contribution is 2.21. The number of para-hydroxylation sites is 1. The summed E-state index contributed by atoms with van der Waals surface area (Å²) >= 11 is 0. The summed E-state index contributed by atoms with van der Waals surface area (Å²) in [4.78, 5) is 24.9. The van der Waals surface area contributed by atoms with Gasteiger partial charge in [-0.1, -0.05) is 24.3 Å². The fourth-order valence-electron chi connectivity index (χ4n) is 3.29. The number of nitrogens with one attached hydrogen (secondary N) is 2. The molecule has 9 nitrogen and oxygen atoms in total. The van der Waals surface area contributed by atoms with Crippen molar-refractivity contribution in [1.29, 1.82) is 0 Å². The van der Waals surface area contributed by atoms with Gasteiger partial charge in [0.1, 0.15) is 11.5 Å². The second-order valence-electron chi connectivity index (χ2n) is 7.39. The van der Waals surface area contributed by atoms with Gasteiger partial charge < -0.3 is 9.47 Å². The lowest BCUT2D eigenvalue weighted by Crippen LogP contribution is -2.42. The van der Waals surface area contributed by atoms with Crippen molar-refractivity contribution in [3.05, 3.63) is 90.0 Å². The third-order valence-corrected chi connectivity index (χ3v) is 6.98. The van der Waals surface area contributed by atoms with E-state index >= 15 is 0 Å². The van der Waals surface area contributed by atoms with Gasteiger partial charge in [0, 0.05) is 24.2 Å². The minimum absolute atomic E-state index is 0.00220. The molecular weight excluding hydrogens is 458 g/mol. The van der Waals surface area contributed by atoms with Crippen LogP contribution in [0.15, 0.2) is 83.8 Å². The second kappa shape index (κ2) is 10.5. The monoisotopic (exact) mass is 481 g/mol. The van der Waals surface area contributed by atoms with Gasteiger partial charge in [-0.05, 0) is 54.6 Å². The lowest BCUT2D eigenvalue weighted by Gasteiger charge is -2.26. The van der Waals surface area contributed by atoms with E-state index in [1.807, 2.05) is 30.3 Å². The predicted molar refractivity (Wildman–Crippen MR) is 124 cm³/mol. The van der Waals surface area contributed by atoms with Crippen LogP contribution in [0.5, 0.6) is 11.5 Å². The molecule has 1 aliphatic rings. The van der Waals surface area contributed by atoms with Crippen molar-refractivity contribution < 1.29 is 27.5 Å². The number of nitrogens with zero attached hydrogens (tertiary/aromatic N) is 1. The Hall–Kier alpha value is -3.73. The molecule has 0 aromatic heterocycles. The van der Waals surface area contributed by atoms with Crippen LogP contribution in [0, 0.1) is 0 Å². The second-order valence-corrected chi connectivity index (χ2v) is 9.33. The highest BCUT2D eigenvalue weighted by molar-refractivity contribution is 7.89. The first kappa shape index (κ1) is 23.4. The Balaban J connectivity index is 1.36. The number of hydrogen-bond acceptors (Lipinski definition) is 6. The summed E-state index contributed by atoms with van der Waals surface area (Å²) in [5.41, 5.74) is 5.05. The Morgan fingerprint density at radius 3 is 2.06 bits per heavy atom. The number of hydrogen-bond donors (Lipinski definition) is 2. The third-order valence-electron chi connectivity index (χ3n) is 5.09. The Morgan fingerprint density at radius 1 is 0.765 bits per heavy atom. The largest absolute Gasteiger partial charge is 0.457 e. The van der Waals surface area contributed by atoms with Crippen LogP contribution >= 0.6 is 0 Å². The number of carbonyl (C=O) groups is 2. The van der Waals surface area contributed by atoms with E-state index in [0.717, 1.165) is 0 Å². The fraction of sp³-hybridized carbons (Fsp3) is 0.167.